The van der Waals surface area contributed by atoms with E-state index in [9.17, 15) is 4.79 Å². The fourth-order valence-electron chi connectivity index (χ4n) is 1.38. The predicted molar refractivity (Wildman–Crippen MR) is 49.8 cm³/mol. The summed E-state index contributed by atoms with van der Waals surface area (Å²) in [5, 5.41) is 0. The Labute approximate surface area is 75.9 Å². The Kier molecular flexibility index (Phi) is 1.62. The van der Waals surface area contributed by atoms with Crippen LogP contribution in [-0.2, 0) is 4.79 Å². The highest BCUT2D eigenvalue weighted by molar-refractivity contribution is 6.00. The third-order valence-corrected chi connectivity index (χ3v) is 2.09. The highest BCUT2D eigenvalue weighted by atomic mass is 16.5. The first-order valence-corrected chi connectivity index (χ1v) is 3.98. The van der Waals surface area contributed by atoms with Crippen LogP contribution in [0.1, 0.15) is 0 Å². The normalized spacial score (nSPS) is 15.2. The summed E-state index contributed by atoms with van der Waals surface area (Å²) in [5.74, 6) is 0.590. The van der Waals surface area contributed by atoms with Gasteiger partial charge in [0.05, 0.1) is 5.69 Å². The molecule has 0 bridgehead atoms. The largest absolute Gasteiger partial charge is 0.481 e. The maximum Gasteiger partial charge on any atom is 0.264 e. The van der Waals surface area contributed by atoms with Crippen molar-refractivity contribution in [3.63, 3.8) is 0 Å². The first-order chi connectivity index (χ1) is 6.20. The zero-order chi connectivity index (χ0) is 9.42. The molecule has 68 valence electrons. The van der Waals surface area contributed by atoms with Crippen LogP contribution in [0.5, 0.6) is 5.75 Å². The van der Waals surface area contributed by atoms with E-state index in [2.05, 4.69) is 0 Å². The van der Waals surface area contributed by atoms with Gasteiger partial charge in [-0.2, -0.15) is 0 Å². The molecule has 0 saturated carbocycles. The van der Waals surface area contributed by atoms with Gasteiger partial charge in [0.2, 0.25) is 0 Å². The number of amides is 1. The molecule has 0 aliphatic carbocycles. The Morgan fingerprint density at radius 1 is 1.54 bits per heavy atom. The van der Waals surface area contributed by atoms with Crippen LogP contribution in [0.4, 0.5) is 11.4 Å². The van der Waals surface area contributed by atoms with Crippen LogP contribution in [0.25, 0.3) is 0 Å². The summed E-state index contributed by atoms with van der Waals surface area (Å²) in [6, 6.07) is 5.35. The molecule has 0 spiro atoms. The van der Waals surface area contributed by atoms with E-state index < -0.39 is 0 Å². The molecule has 1 aliphatic rings. The van der Waals surface area contributed by atoms with Crippen molar-refractivity contribution in [2.45, 2.75) is 0 Å². The van der Waals surface area contributed by atoms with E-state index in [1.54, 1.807) is 25.2 Å². The average molecular weight is 178 g/mol. The maximum atomic E-state index is 11.3. The van der Waals surface area contributed by atoms with Gasteiger partial charge in [-0.25, -0.2) is 0 Å². The Bertz CT molecular complexity index is 363. The van der Waals surface area contributed by atoms with Crippen molar-refractivity contribution in [2.24, 2.45) is 0 Å². The van der Waals surface area contributed by atoms with Crippen LogP contribution in [0.2, 0.25) is 0 Å². The molecular formula is C9H10N2O2. The van der Waals surface area contributed by atoms with Crippen LogP contribution in [0.3, 0.4) is 0 Å². The number of benzene rings is 1. The van der Waals surface area contributed by atoms with E-state index in [0.717, 1.165) is 0 Å². The van der Waals surface area contributed by atoms with E-state index >= 15 is 0 Å². The molecule has 0 aromatic heterocycles. The van der Waals surface area contributed by atoms with Crippen molar-refractivity contribution in [1.82, 2.24) is 0 Å². The van der Waals surface area contributed by atoms with Gasteiger partial charge in [0, 0.05) is 7.05 Å². The van der Waals surface area contributed by atoms with Crippen LogP contribution < -0.4 is 15.4 Å². The number of rotatable bonds is 0. The fraction of sp³-hybridized carbons (Fsp3) is 0.222. The van der Waals surface area contributed by atoms with E-state index in [1.807, 2.05) is 0 Å². The molecule has 2 N–H and O–H groups in total. The van der Waals surface area contributed by atoms with Crippen molar-refractivity contribution in [1.29, 1.82) is 0 Å². The summed E-state index contributed by atoms with van der Waals surface area (Å²) >= 11 is 0. The summed E-state index contributed by atoms with van der Waals surface area (Å²) in [6.07, 6.45) is 0. The minimum absolute atomic E-state index is 0.0783. The molecule has 1 aliphatic heterocycles. The maximum absolute atomic E-state index is 11.3. The van der Waals surface area contributed by atoms with Gasteiger partial charge in [0.1, 0.15) is 11.4 Å². The number of para-hydroxylation sites is 1. The van der Waals surface area contributed by atoms with Gasteiger partial charge in [-0.15, -0.1) is 0 Å². The summed E-state index contributed by atoms with van der Waals surface area (Å²) < 4.78 is 5.22. The molecule has 4 nitrogen and oxygen atoms in total. The number of anilines is 2. The van der Waals surface area contributed by atoms with Gasteiger partial charge in [0.15, 0.2) is 6.61 Å². The molecule has 1 amide bonds. The molecule has 1 aromatic rings. The zero-order valence-electron chi connectivity index (χ0n) is 7.28. The molecule has 1 aromatic carbocycles. The molecule has 13 heavy (non-hydrogen) atoms. The quantitative estimate of drug-likeness (QED) is 0.592. The molecule has 0 radical (unpaired) electrons. The Hall–Kier alpha value is -1.71. The van der Waals surface area contributed by atoms with Crippen molar-refractivity contribution in [3.05, 3.63) is 18.2 Å². The molecule has 4 heteroatoms. The smallest absolute Gasteiger partial charge is 0.264 e. The van der Waals surface area contributed by atoms with Crippen molar-refractivity contribution < 1.29 is 9.53 Å². The number of nitrogens with two attached hydrogens (primary N) is 1. The molecule has 0 fully saturated rings. The lowest BCUT2D eigenvalue weighted by atomic mass is 10.2. The molecule has 0 unspecified atom stereocenters. The summed E-state index contributed by atoms with van der Waals surface area (Å²) in [6.45, 7) is 0.0902. The standard InChI is InChI=1S/C9H10N2O2/c1-11-8(12)5-13-7-4-2-3-6(10)9(7)11/h2-4H,5,10H2,1H3. The van der Waals surface area contributed by atoms with Gasteiger partial charge >= 0.3 is 0 Å². The monoisotopic (exact) mass is 178 g/mol. The van der Waals surface area contributed by atoms with Crippen molar-refractivity contribution >= 4 is 17.3 Å². The molecule has 2 rings (SSSR count). The number of carbonyl (C=O) groups is 1. The molecular weight excluding hydrogens is 168 g/mol. The SMILES string of the molecule is CN1C(=O)COc2cccc(N)c21. The van der Waals surface area contributed by atoms with E-state index in [4.69, 9.17) is 10.5 Å². The topological polar surface area (TPSA) is 55.6 Å². The third kappa shape index (κ3) is 1.11. The van der Waals surface area contributed by atoms with Gasteiger partial charge in [0.25, 0.3) is 5.91 Å². The molecule has 0 atom stereocenters. The lowest BCUT2D eigenvalue weighted by Crippen LogP contribution is -2.35. The van der Waals surface area contributed by atoms with Gasteiger partial charge < -0.3 is 15.4 Å². The number of nitrogen functional groups attached to an aromatic ring is 1. The second-order valence-electron chi connectivity index (χ2n) is 2.94. The summed E-state index contributed by atoms with van der Waals surface area (Å²) in [4.78, 5) is 12.8. The van der Waals surface area contributed by atoms with Crippen LogP contribution in [0, 0.1) is 0 Å². The number of carbonyl (C=O) groups excluding carboxylic acids is 1. The van der Waals surface area contributed by atoms with E-state index in [1.165, 1.54) is 4.90 Å². The van der Waals surface area contributed by atoms with Crippen LogP contribution in [0.15, 0.2) is 18.2 Å². The summed E-state index contributed by atoms with van der Waals surface area (Å²) in [7, 11) is 1.69. The van der Waals surface area contributed by atoms with Gasteiger partial charge in [-0.3, -0.25) is 4.79 Å². The zero-order valence-corrected chi connectivity index (χ0v) is 7.28. The Balaban J connectivity index is 2.57. The number of hydrogen-bond acceptors (Lipinski definition) is 3. The first kappa shape index (κ1) is 7.91. The van der Waals surface area contributed by atoms with Crippen molar-refractivity contribution in [2.75, 3.05) is 24.3 Å². The number of nitrogens with zero attached hydrogens (tertiary/aromatic N) is 1. The fourth-order valence-corrected chi connectivity index (χ4v) is 1.38. The highest BCUT2D eigenvalue weighted by Gasteiger charge is 2.23. The molecule has 1 heterocycles. The minimum atomic E-state index is -0.0783. The third-order valence-electron chi connectivity index (χ3n) is 2.09. The second-order valence-corrected chi connectivity index (χ2v) is 2.94. The Morgan fingerprint density at radius 3 is 3.08 bits per heavy atom. The number of likely N-dealkylation sites (N-methyl/N-ethyl adjacent to an activating group) is 1. The average Bonchev–Trinajstić information content (AvgIpc) is 2.12. The number of ether oxygens (including phenoxy) is 1. The van der Waals surface area contributed by atoms with Crippen LogP contribution in [-0.4, -0.2) is 19.6 Å². The number of fused-ring (bicyclic) bond motifs is 1. The second kappa shape index (κ2) is 2.65. The lowest BCUT2D eigenvalue weighted by Gasteiger charge is -2.26. The summed E-state index contributed by atoms with van der Waals surface area (Å²) in [5.41, 5.74) is 6.95. The van der Waals surface area contributed by atoms with Gasteiger partial charge in [-0.1, -0.05) is 6.07 Å². The van der Waals surface area contributed by atoms with Crippen molar-refractivity contribution in [3.8, 4) is 5.75 Å². The van der Waals surface area contributed by atoms with Gasteiger partial charge in [-0.05, 0) is 12.1 Å². The molecule has 0 saturated heterocycles. The van der Waals surface area contributed by atoms with E-state index in [0.29, 0.717) is 17.1 Å². The highest BCUT2D eigenvalue weighted by Crippen LogP contribution is 2.35. The Morgan fingerprint density at radius 2 is 2.31 bits per heavy atom. The van der Waals surface area contributed by atoms with E-state index in [-0.39, 0.29) is 12.5 Å². The number of hydrogen-bond donors (Lipinski definition) is 1. The van der Waals surface area contributed by atoms with Crippen LogP contribution >= 0.6 is 0 Å². The lowest BCUT2D eigenvalue weighted by molar-refractivity contribution is -0.120. The first-order valence-electron chi connectivity index (χ1n) is 3.98. The predicted octanol–water partition coefficient (Wildman–Crippen LogP) is 0.624. The minimum Gasteiger partial charge on any atom is -0.481 e.